The molecule has 6 rings (SSSR count). The standard InChI is InChI=1S/C22H18FN11O2/c23-14-12-26-20(34-6-5-27-31-34)18-16(14)13(11-25-18)19(35)22(36)33-9-7-32(8-10-33)21-17(28-30-29-21)15-3-1-2-4-24-15/h1-6,11-12,25H,7-10H2,(H,28,29,30). The molecule has 14 heteroatoms. The van der Waals surface area contributed by atoms with Crippen molar-refractivity contribution in [2.75, 3.05) is 31.1 Å². The van der Waals surface area contributed by atoms with Crippen LogP contribution in [0.1, 0.15) is 10.4 Å². The molecule has 180 valence electrons. The molecule has 0 bridgehead atoms. The number of ketones is 1. The van der Waals surface area contributed by atoms with Gasteiger partial charge < -0.3 is 14.8 Å². The number of H-pyrrole nitrogens is 2. The third-order valence-corrected chi connectivity index (χ3v) is 6.02. The average molecular weight is 487 g/mol. The van der Waals surface area contributed by atoms with Gasteiger partial charge in [-0.25, -0.2) is 14.1 Å². The largest absolute Gasteiger partial charge is 0.357 e. The lowest BCUT2D eigenvalue weighted by Crippen LogP contribution is -2.50. The second-order valence-corrected chi connectivity index (χ2v) is 8.05. The van der Waals surface area contributed by atoms with E-state index >= 15 is 0 Å². The summed E-state index contributed by atoms with van der Waals surface area (Å²) in [5, 5.41) is 18.7. The van der Waals surface area contributed by atoms with Crippen molar-refractivity contribution >= 4 is 28.4 Å². The van der Waals surface area contributed by atoms with Crippen LogP contribution in [0.4, 0.5) is 10.2 Å². The maximum absolute atomic E-state index is 14.7. The summed E-state index contributed by atoms with van der Waals surface area (Å²) in [6.07, 6.45) is 6.98. The molecule has 2 N–H and O–H groups in total. The molecular weight excluding hydrogens is 469 g/mol. The zero-order chi connectivity index (χ0) is 24.6. The summed E-state index contributed by atoms with van der Waals surface area (Å²) in [6, 6.07) is 5.52. The second kappa shape index (κ2) is 8.65. The van der Waals surface area contributed by atoms with Gasteiger partial charge in [0.25, 0.3) is 11.7 Å². The Morgan fingerprint density at radius 2 is 1.86 bits per heavy atom. The molecule has 0 atom stereocenters. The van der Waals surface area contributed by atoms with E-state index in [1.807, 2.05) is 23.1 Å². The maximum atomic E-state index is 14.7. The highest BCUT2D eigenvalue weighted by molar-refractivity contribution is 6.45. The minimum absolute atomic E-state index is 0.0184. The Labute approximate surface area is 202 Å². The van der Waals surface area contributed by atoms with E-state index in [1.165, 1.54) is 22.0 Å². The van der Waals surface area contributed by atoms with Gasteiger partial charge in [0.05, 0.1) is 40.8 Å². The average Bonchev–Trinajstić information content (AvgIpc) is 3.70. The van der Waals surface area contributed by atoms with E-state index in [2.05, 4.69) is 40.7 Å². The minimum atomic E-state index is -0.806. The molecule has 13 nitrogen and oxygen atoms in total. The van der Waals surface area contributed by atoms with Gasteiger partial charge in [-0.1, -0.05) is 11.3 Å². The van der Waals surface area contributed by atoms with Crippen molar-refractivity contribution in [2.45, 2.75) is 0 Å². The number of carbonyl (C=O) groups is 2. The van der Waals surface area contributed by atoms with E-state index in [9.17, 15) is 14.0 Å². The Balaban J connectivity index is 1.21. The zero-order valence-corrected chi connectivity index (χ0v) is 18.7. The summed E-state index contributed by atoms with van der Waals surface area (Å²) >= 11 is 0. The van der Waals surface area contributed by atoms with Crippen LogP contribution in [0.25, 0.3) is 28.1 Å². The molecule has 1 fully saturated rings. The fourth-order valence-corrected chi connectivity index (χ4v) is 4.27. The summed E-state index contributed by atoms with van der Waals surface area (Å²) in [5.41, 5.74) is 1.47. The molecule has 1 aliphatic rings. The first-order chi connectivity index (χ1) is 17.6. The topological polar surface area (TPSA) is 154 Å². The molecule has 0 saturated carbocycles. The van der Waals surface area contributed by atoms with Gasteiger partial charge >= 0.3 is 0 Å². The highest BCUT2D eigenvalue weighted by Crippen LogP contribution is 2.28. The van der Waals surface area contributed by atoms with E-state index in [0.29, 0.717) is 30.3 Å². The number of aromatic nitrogens is 9. The van der Waals surface area contributed by atoms with Gasteiger partial charge in [0.2, 0.25) is 0 Å². The number of aromatic amines is 2. The van der Waals surface area contributed by atoms with Gasteiger partial charge in [0.15, 0.2) is 23.1 Å². The molecule has 0 radical (unpaired) electrons. The van der Waals surface area contributed by atoms with Gasteiger partial charge in [-0.3, -0.25) is 14.6 Å². The van der Waals surface area contributed by atoms with Crippen molar-refractivity contribution in [1.29, 1.82) is 0 Å². The van der Waals surface area contributed by atoms with Crippen molar-refractivity contribution in [3.8, 4) is 17.2 Å². The summed E-state index contributed by atoms with van der Waals surface area (Å²) in [7, 11) is 0. The zero-order valence-electron chi connectivity index (χ0n) is 18.7. The molecule has 0 spiro atoms. The number of Topliss-reactive ketones (excluding diaryl/α,β-unsaturated/α-hetero) is 1. The van der Waals surface area contributed by atoms with Gasteiger partial charge in [-0.15, -0.1) is 10.2 Å². The predicted molar refractivity (Wildman–Crippen MR) is 124 cm³/mol. The lowest BCUT2D eigenvalue weighted by atomic mass is 10.1. The number of fused-ring (bicyclic) bond motifs is 1. The van der Waals surface area contributed by atoms with Crippen LogP contribution in [0, 0.1) is 5.82 Å². The molecule has 1 saturated heterocycles. The van der Waals surface area contributed by atoms with Crippen LogP contribution >= 0.6 is 0 Å². The van der Waals surface area contributed by atoms with Crippen LogP contribution in [-0.4, -0.2) is 88.1 Å². The number of anilines is 1. The molecule has 5 aromatic rings. The van der Waals surface area contributed by atoms with E-state index in [4.69, 9.17) is 0 Å². The van der Waals surface area contributed by atoms with Gasteiger partial charge in [-0.2, -0.15) is 10.3 Å². The number of rotatable bonds is 5. The van der Waals surface area contributed by atoms with E-state index < -0.39 is 17.5 Å². The molecule has 1 aliphatic heterocycles. The number of nitrogens with zero attached hydrogens (tertiary/aromatic N) is 9. The molecule has 0 unspecified atom stereocenters. The van der Waals surface area contributed by atoms with E-state index in [0.717, 1.165) is 6.20 Å². The number of carbonyl (C=O) groups excluding carboxylic acids is 2. The number of pyridine rings is 2. The van der Waals surface area contributed by atoms with Crippen LogP contribution in [0.2, 0.25) is 0 Å². The number of hydrogen-bond donors (Lipinski definition) is 2. The molecule has 1 amide bonds. The summed E-state index contributed by atoms with van der Waals surface area (Å²) in [4.78, 5) is 40.9. The summed E-state index contributed by atoms with van der Waals surface area (Å²) < 4.78 is 16.1. The monoisotopic (exact) mass is 487 g/mol. The SMILES string of the molecule is O=C(C(=O)N1CCN(c2n[nH]nc2-c2ccccn2)CC1)c1c[nH]c2c(-n3ccnn3)ncc(F)c12. The van der Waals surface area contributed by atoms with Crippen molar-refractivity contribution in [3.05, 3.63) is 60.6 Å². The molecular formula is C22H18FN11O2. The number of halogens is 1. The molecule has 6 heterocycles. The van der Waals surface area contributed by atoms with Crippen LogP contribution < -0.4 is 4.90 Å². The lowest BCUT2D eigenvalue weighted by Gasteiger charge is -2.34. The van der Waals surface area contributed by atoms with Crippen LogP contribution in [0.5, 0.6) is 0 Å². The number of amides is 1. The van der Waals surface area contributed by atoms with Crippen molar-refractivity contribution < 1.29 is 14.0 Å². The van der Waals surface area contributed by atoms with Gasteiger partial charge in [0.1, 0.15) is 0 Å². The van der Waals surface area contributed by atoms with Gasteiger partial charge in [-0.05, 0) is 12.1 Å². The Kier molecular flexibility index (Phi) is 5.17. The number of hydrogen-bond acceptors (Lipinski definition) is 9. The smallest absolute Gasteiger partial charge is 0.295 e. The van der Waals surface area contributed by atoms with Crippen molar-refractivity contribution in [3.63, 3.8) is 0 Å². The second-order valence-electron chi connectivity index (χ2n) is 8.05. The highest BCUT2D eigenvalue weighted by atomic mass is 19.1. The fraction of sp³-hybridized carbons (Fsp3) is 0.182. The highest BCUT2D eigenvalue weighted by Gasteiger charge is 2.31. The fourth-order valence-electron chi connectivity index (χ4n) is 4.27. The van der Waals surface area contributed by atoms with Crippen molar-refractivity contribution in [1.82, 2.24) is 50.3 Å². The lowest BCUT2D eigenvalue weighted by molar-refractivity contribution is -0.126. The molecule has 0 aliphatic carbocycles. The maximum Gasteiger partial charge on any atom is 0.295 e. The van der Waals surface area contributed by atoms with Crippen LogP contribution in [0.15, 0.2) is 49.2 Å². The third kappa shape index (κ3) is 3.55. The van der Waals surface area contributed by atoms with Crippen LogP contribution in [-0.2, 0) is 4.79 Å². The summed E-state index contributed by atoms with van der Waals surface area (Å²) in [5.74, 6) is -1.34. The Morgan fingerprint density at radius 3 is 2.61 bits per heavy atom. The first kappa shape index (κ1) is 21.5. The Hall–Kier alpha value is -5.01. The Bertz CT molecular complexity index is 1550. The minimum Gasteiger partial charge on any atom is -0.357 e. The molecule has 36 heavy (non-hydrogen) atoms. The third-order valence-electron chi connectivity index (χ3n) is 6.02. The van der Waals surface area contributed by atoms with E-state index in [-0.39, 0.29) is 35.4 Å². The molecule has 0 aromatic carbocycles. The summed E-state index contributed by atoms with van der Waals surface area (Å²) in [6.45, 7) is 1.45. The quantitative estimate of drug-likeness (QED) is 0.273. The van der Waals surface area contributed by atoms with E-state index in [1.54, 1.807) is 12.4 Å². The van der Waals surface area contributed by atoms with Crippen molar-refractivity contribution in [2.24, 2.45) is 0 Å². The van der Waals surface area contributed by atoms with Gasteiger partial charge in [0, 0.05) is 38.6 Å². The predicted octanol–water partition coefficient (Wildman–Crippen LogP) is 0.994. The molecule has 5 aromatic heterocycles. The normalized spacial score (nSPS) is 13.9. The number of piperazine rings is 1. The first-order valence-electron chi connectivity index (χ1n) is 11.0. The van der Waals surface area contributed by atoms with Crippen LogP contribution in [0.3, 0.4) is 0 Å². The Morgan fingerprint density at radius 1 is 1.00 bits per heavy atom. The number of nitrogens with one attached hydrogen (secondary N) is 2. The first-order valence-corrected chi connectivity index (χ1v) is 11.0.